The van der Waals surface area contributed by atoms with E-state index in [9.17, 15) is 4.39 Å². The second-order valence-electron chi connectivity index (χ2n) is 5.33. The Hall–Kier alpha value is -0.890. The molecule has 1 fully saturated rings. The molecule has 0 bridgehead atoms. The fraction of sp³-hybridized carbons (Fsp3) is 0.667. The smallest absolute Gasteiger partial charge is 0.126 e. The van der Waals surface area contributed by atoms with Crippen molar-refractivity contribution in [2.75, 3.05) is 14.2 Å². The Labute approximate surface area is 124 Å². The number of rotatable bonds is 2. The highest BCUT2D eigenvalue weighted by molar-refractivity contribution is 5.17. The topological polar surface area (TPSA) is 9.23 Å². The molecule has 0 spiro atoms. The van der Waals surface area contributed by atoms with E-state index in [0.29, 0.717) is 5.92 Å². The number of methoxy groups -OCH3 is 1. The minimum atomic E-state index is -0.0314. The SMILES string of the molecule is CC.CC1CCC(Cc2ccccc2F)CC1.COC. The van der Waals surface area contributed by atoms with Crippen LogP contribution in [0.2, 0.25) is 0 Å². The molecule has 2 rings (SSSR count). The van der Waals surface area contributed by atoms with Crippen LogP contribution in [0.3, 0.4) is 0 Å². The van der Waals surface area contributed by atoms with Crippen molar-refractivity contribution in [2.24, 2.45) is 11.8 Å². The van der Waals surface area contributed by atoms with Crippen molar-refractivity contribution in [2.45, 2.75) is 52.9 Å². The molecule has 0 aromatic heterocycles. The number of halogens is 1. The normalized spacial score (nSPS) is 21.1. The first-order valence-corrected chi connectivity index (χ1v) is 7.80. The van der Waals surface area contributed by atoms with Gasteiger partial charge in [0, 0.05) is 14.2 Å². The lowest BCUT2D eigenvalue weighted by Gasteiger charge is -2.26. The van der Waals surface area contributed by atoms with Crippen molar-refractivity contribution in [3.63, 3.8) is 0 Å². The van der Waals surface area contributed by atoms with E-state index in [-0.39, 0.29) is 5.82 Å². The molecule has 1 nitrogen and oxygen atoms in total. The van der Waals surface area contributed by atoms with Crippen molar-refractivity contribution in [1.82, 2.24) is 0 Å². The summed E-state index contributed by atoms with van der Waals surface area (Å²) in [6, 6.07) is 7.19. The minimum absolute atomic E-state index is 0.0314. The van der Waals surface area contributed by atoms with E-state index in [2.05, 4.69) is 11.7 Å². The number of benzene rings is 1. The molecule has 116 valence electrons. The molecular formula is C18H31FO. The van der Waals surface area contributed by atoms with Crippen LogP contribution in [0, 0.1) is 17.7 Å². The van der Waals surface area contributed by atoms with Gasteiger partial charge < -0.3 is 4.74 Å². The fourth-order valence-corrected chi connectivity index (χ4v) is 2.51. The van der Waals surface area contributed by atoms with E-state index in [1.54, 1.807) is 26.4 Å². The number of hydrogen-bond donors (Lipinski definition) is 0. The van der Waals surface area contributed by atoms with Gasteiger partial charge in [-0.15, -0.1) is 0 Å². The first kappa shape index (κ1) is 19.1. The van der Waals surface area contributed by atoms with Crippen LogP contribution in [0.15, 0.2) is 24.3 Å². The Morgan fingerprint density at radius 1 is 1.05 bits per heavy atom. The maximum Gasteiger partial charge on any atom is 0.126 e. The molecule has 0 atom stereocenters. The van der Waals surface area contributed by atoms with Gasteiger partial charge in [-0.3, -0.25) is 0 Å². The Bertz CT molecular complexity index is 330. The third-order valence-electron chi connectivity index (χ3n) is 3.60. The molecule has 1 saturated carbocycles. The molecule has 0 heterocycles. The van der Waals surface area contributed by atoms with Crippen LogP contribution < -0.4 is 0 Å². The van der Waals surface area contributed by atoms with Crippen molar-refractivity contribution in [3.05, 3.63) is 35.6 Å². The molecule has 0 N–H and O–H groups in total. The lowest BCUT2D eigenvalue weighted by Crippen LogP contribution is -2.14. The molecule has 1 aliphatic carbocycles. The molecule has 0 radical (unpaired) electrons. The largest absolute Gasteiger partial charge is 0.388 e. The zero-order chi connectivity index (χ0) is 15.4. The van der Waals surface area contributed by atoms with Gasteiger partial charge >= 0.3 is 0 Å². The zero-order valence-corrected chi connectivity index (χ0v) is 13.8. The third kappa shape index (κ3) is 7.64. The predicted molar refractivity (Wildman–Crippen MR) is 85.5 cm³/mol. The van der Waals surface area contributed by atoms with Crippen molar-refractivity contribution in [3.8, 4) is 0 Å². The molecule has 1 aliphatic rings. The van der Waals surface area contributed by atoms with Crippen LogP contribution in [0.25, 0.3) is 0 Å². The van der Waals surface area contributed by atoms with Gasteiger partial charge in [0.2, 0.25) is 0 Å². The van der Waals surface area contributed by atoms with E-state index in [4.69, 9.17) is 0 Å². The van der Waals surface area contributed by atoms with Crippen LogP contribution in [-0.4, -0.2) is 14.2 Å². The van der Waals surface area contributed by atoms with Crippen LogP contribution >= 0.6 is 0 Å². The van der Waals surface area contributed by atoms with Crippen LogP contribution in [-0.2, 0) is 11.2 Å². The molecule has 0 saturated heterocycles. The number of ether oxygens (including phenoxy) is 1. The maximum absolute atomic E-state index is 13.4. The number of hydrogen-bond acceptors (Lipinski definition) is 1. The second kappa shape index (κ2) is 11.9. The lowest BCUT2D eigenvalue weighted by atomic mass is 9.80. The van der Waals surface area contributed by atoms with Gasteiger partial charge in [0.1, 0.15) is 5.82 Å². The summed E-state index contributed by atoms with van der Waals surface area (Å²) in [5, 5.41) is 0. The third-order valence-corrected chi connectivity index (χ3v) is 3.60. The van der Waals surface area contributed by atoms with Gasteiger partial charge in [-0.1, -0.05) is 51.8 Å². The van der Waals surface area contributed by atoms with Gasteiger partial charge in [-0.25, -0.2) is 4.39 Å². The predicted octanol–water partition coefficient (Wildman–Crippen LogP) is 5.48. The van der Waals surface area contributed by atoms with Gasteiger partial charge in [-0.2, -0.15) is 0 Å². The minimum Gasteiger partial charge on any atom is -0.388 e. The van der Waals surface area contributed by atoms with E-state index in [1.807, 2.05) is 26.0 Å². The summed E-state index contributed by atoms with van der Waals surface area (Å²) in [7, 11) is 3.25. The molecule has 0 aliphatic heterocycles. The summed E-state index contributed by atoms with van der Waals surface area (Å²) in [6.45, 7) is 6.32. The van der Waals surface area contributed by atoms with Gasteiger partial charge in [-0.05, 0) is 42.7 Å². The van der Waals surface area contributed by atoms with Crippen LogP contribution in [0.5, 0.6) is 0 Å². The summed E-state index contributed by atoms with van der Waals surface area (Å²) in [6.07, 6.45) is 6.11. The van der Waals surface area contributed by atoms with Gasteiger partial charge in [0.15, 0.2) is 0 Å². The molecule has 1 aromatic carbocycles. The molecule has 0 unspecified atom stereocenters. The molecule has 2 heteroatoms. The van der Waals surface area contributed by atoms with Crippen LogP contribution in [0.1, 0.15) is 52.0 Å². The molecule has 1 aromatic rings. The lowest BCUT2D eigenvalue weighted by molar-refractivity contribution is 0.277. The Kier molecular flexibility index (Phi) is 11.4. The average Bonchev–Trinajstić information content (AvgIpc) is 2.47. The van der Waals surface area contributed by atoms with Crippen molar-refractivity contribution in [1.29, 1.82) is 0 Å². The molecule has 0 amide bonds. The zero-order valence-electron chi connectivity index (χ0n) is 13.8. The highest BCUT2D eigenvalue weighted by Gasteiger charge is 2.19. The van der Waals surface area contributed by atoms with Gasteiger partial charge in [0.05, 0.1) is 0 Å². The Morgan fingerprint density at radius 2 is 1.55 bits per heavy atom. The monoisotopic (exact) mass is 282 g/mol. The standard InChI is InChI=1S/C14H19F.C2H6O.C2H6/c1-11-6-8-12(9-7-11)10-13-4-2-3-5-14(13)15;1-3-2;1-2/h2-5,11-12H,6-10H2,1H3;1-2H3;1-2H3. The van der Waals surface area contributed by atoms with Crippen molar-refractivity contribution >= 4 is 0 Å². The highest BCUT2D eigenvalue weighted by atomic mass is 19.1. The fourth-order valence-electron chi connectivity index (χ4n) is 2.51. The van der Waals surface area contributed by atoms with E-state index in [1.165, 1.54) is 25.7 Å². The first-order chi connectivity index (χ1) is 9.67. The summed E-state index contributed by atoms with van der Waals surface area (Å²) < 4.78 is 17.7. The summed E-state index contributed by atoms with van der Waals surface area (Å²) in [5.41, 5.74) is 0.900. The van der Waals surface area contributed by atoms with Gasteiger partial charge in [0.25, 0.3) is 0 Å². The second-order valence-corrected chi connectivity index (χ2v) is 5.33. The summed E-state index contributed by atoms with van der Waals surface area (Å²) in [5.74, 6) is 1.55. The highest BCUT2D eigenvalue weighted by Crippen LogP contribution is 2.30. The maximum atomic E-state index is 13.4. The van der Waals surface area contributed by atoms with E-state index < -0.39 is 0 Å². The van der Waals surface area contributed by atoms with Crippen molar-refractivity contribution < 1.29 is 9.13 Å². The Balaban J connectivity index is 0.000000641. The molecular weight excluding hydrogens is 251 g/mol. The van der Waals surface area contributed by atoms with E-state index >= 15 is 0 Å². The quantitative estimate of drug-likeness (QED) is 0.697. The van der Waals surface area contributed by atoms with E-state index in [0.717, 1.165) is 17.9 Å². The summed E-state index contributed by atoms with van der Waals surface area (Å²) in [4.78, 5) is 0. The Morgan fingerprint density at radius 3 is 2.05 bits per heavy atom. The summed E-state index contributed by atoms with van der Waals surface area (Å²) >= 11 is 0. The van der Waals surface area contributed by atoms with Crippen LogP contribution in [0.4, 0.5) is 4.39 Å². The first-order valence-electron chi connectivity index (χ1n) is 7.80. The molecule has 20 heavy (non-hydrogen) atoms. The average molecular weight is 282 g/mol.